The lowest BCUT2D eigenvalue weighted by molar-refractivity contribution is 0.375. The Balaban J connectivity index is 1.89. The second-order valence-corrected chi connectivity index (χ2v) is 10.6. The monoisotopic (exact) mass is 376 g/mol. The Morgan fingerprint density at radius 1 is 0.786 bits per heavy atom. The van der Waals surface area contributed by atoms with Crippen LogP contribution >= 0.6 is 0 Å². The van der Waals surface area contributed by atoms with Crippen LogP contribution in [0.15, 0.2) is 42.7 Å². The Kier molecular flexibility index (Phi) is 5.20. The lowest BCUT2D eigenvalue weighted by atomic mass is 9.72. The van der Waals surface area contributed by atoms with Gasteiger partial charge >= 0.3 is 0 Å². The molecule has 0 saturated heterocycles. The predicted octanol–water partition coefficient (Wildman–Crippen LogP) is 7.20. The van der Waals surface area contributed by atoms with Crippen molar-refractivity contribution in [2.24, 2.45) is 0 Å². The van der Waals surface area contributed by atoms with E-state index in [9.17, 15) is 0 Å². The van der Waals surface area contributed by atoms with E-state index in [0.717, 1.165) is 18.5 Å². The number of aromatic nitrogens is 2. The minimum absolute atomic E-state index is 0.0922. The fourth-order valence-corrected chi connectivity index (χ4v) is 4.15. The zero-order chi connectivity index (χ0) is 20.7. The SMILES string of the molecule is Cc1ccc(C(C)(C)CCC(C)(C)c2ccc(C(C)(C)C)c3cc[nH]c23)cn1. The molecule has 0 saturated carbocycles. The lowest BCUT2D eigenvalue weighted by Gasteiger charge is -2.33. The molecule has 0 aliphatic heterocycles. The van der Waals surface area contributed by atoms with Crippen molar-refractivity contribution < 1.29 is 0 Å². The van der Waals surface area contributed by atoms with Gasteiger partial charge in [0, 0.05) is 29.0 Å². The summed E-state index contributed by atoms with van der Waals surface area (Å²) >= 11 is 0. The summed E-state index contributed by atoms with van der Waals surface area (Å²) < 4.78 is 0. The van der Waals surface area contributed by atoms with Crippen LogP contribution < -0.4 is 0 Å². The van der Waals surface area contributed by atoms with E-state index in [4.69, 9.17) is 0 Å². The number of aromatic amines is 1. The number of aryl methyl sites for hydroxylation is 1. The molecule has 3 aromatic rings. The van der Waals surface area contributed by atoms with E-state index in [1.807, 2.05) is 13.1 Å². The maximum atomic E-state index is 4.51. The van der Waals surface area contributed by atoms with Gasteiger partial charge in [0.1, 0.15) is 0 Å². The third kappa shape index (κ3) is 4.01. The zero-order valence-corrected chi connectivity index (χ0v) is 18.9. The number of nitrogens with zero attached hydrogens (tertiary/aromatic N) is 1. The first-order valence-corrected chi connectivity index (χ1v) is 10.5. The van der Waals surface area contributed by atoms with Gasteiger partial charge in [-0.15, -0.1) is 0 Å². The molecule has 0 unspecified atom stereocenters. The highest BCUT2D eigenvalue weighted by Crippen LogP contribution is 2.40. The lowest BCUT2D eigenvalue weighted by Crippen LogP contribution is -2.25. The highest BCUT2D eigenvalue weighted by Gasteiger charge is 2.30. The standard InChI is InChI=1S/C26H36N2/c1-18-9-10-19(17-28-18)25(5,6)14-15-26(7,8)22-12-11-21(24(2,3)4)20-13-16-27-23(20)22/h9-13,16-17,27H,14-15H2,1-8H3. The third-order valence-corrected chi connectivity index (χ3v) is 6.33. The highest BCUT2D eigenvalue weighted by molar-refractivity contribution is 5.87. The van der Waals surface area contributed by atoms with Crippen molar-refractivity contribution in [1.82, 2.24) is 9.97 Å². The van der Waals surface area contributed by atoms with Crippen molar-refractivity contribution in [2.75, 3.05) is 0 Å². The minimum atomic E-state index is 0.0922. The average molecular weight is 377 g/mol. The number of fused-ring (bicyclic) bond motifs is 1. The van der Waals surface area contributed by atoms with Gasteiger partial charge in [0.25, 0.3) is 0 Å². The molecule has 0 radical (unpaired) electrons. The maximum absolute atomic E-state index is 4.51. The van der Waals surface area contributed by atoms with Crippen LogP contribution in [0.1, 0.15) is 83.7 Å². The number of H-pyrrole nitrogens is 1. The molecule has 1 N–H and O–H groups in total. The number of hydrogen-bond donors (Lipinski definition) is 1. The van der Waals surface area contributed by atoms with Crippen molar-refractivity contribution in [1.29, 1.82) is 0 Å². The summed E-state index contributed by atoms with van der Waals surface area (Å²) in [5.74, 6) is 0. The van der Waals surface area contributed by atoms with Gasteiger partial charge in [0.2, 0.25) is 0 Å². The summed E-state index contributed by atoms with van der Waals surface area (Å²) in [6.07, 6.45) is 6.37. The molecule has 2 heteroatoms. The Hall–Kier alpha value is -2.09. The molecule has 2 aromatic heterocycles. The minimum Gasteiger partial charge on any atom is -0.361 e. The summed E-state index contributed by atoms with van der Waals surface area (Å²) in [5, 5.41) is 1.36. The van der Waals surface area contributed by atoms with E-state index < -0.39 is 0 Å². The summed E-state index contributed by atoms with van der Waals surface area (Å²) in [6, 6.07) is 11.3. The van der Waals surface area contributed by atoms with E-state index in [-0.39, 0.29) is 16.2 Å². The number of benzene rings is 1. The fraction of sp³-hybridized carbons (Fsp3) is 0.500. The van der Waals surface area contributed by atoms with Gasteiger partial charge in [0.15, 0.2) is 0 Å². The third-order valence-electron chi connectivity index (χ3n) is 6.33. The first-order chi connectivity index (χ1) is 12.9. The first-order valence-electron chi connectivity index (χ1n) is 10.5. The van der Waals surface area contributed by atoms with Crippen LogP contribution in [-0.2, 0) is 16.2 Å². The summed E-state index contributed by atoms with van der Waals surface area (Å²) in [7, 11) is 0. The largest absolute Gasteiger partial charge is 0.361 e. The Labute approximate surface area is 170 Å². The zero-order valence-electron chi connectivity index (χ0n) is 18.9. The molecule has 1 aromatic carbocycles. The van der Waals surface area contributed by atoms with Crippen molar-refractivity contribution in [2.45, 2.75) is 84.5 Å². The normalized spacial score (nSPS) is 13.3. The second-order valence-electron chi connectivity index (χ2n) is 10.6. The maximum Gasteiger partial charge on any atom is 0.0494 e. The van der Waals surface area contributed by atoms with E-state index in [2.05, 4.69) is 95.0 Å². The smallest absolute Gasteiger partial charge is 0.0494 e. The molecular formula is C26H36N2. The van der Waals surface area contributed by atoms with Gasteiger partial charge in [-0.1, -0.05) is 66.7 Å². The van der Waals surface area contributed by atoms with Crippen LogP contribution in [-0.4, -0.2) is 9.97 Å². The highest BCUT2D eigenvalue weighted by atomic mass is 14.7. The summed E-state index contributed by atoms with van der Waals surface area (Å²) in [5.41, 5.74) is 6.87. The summed E-state index contributed by atoms with van der Waals surface area (Å²) in [6.45, 7) is 18.3. The van der Waals surface area contributed by atoms with Crippen LogP contribution in [0.3, 0.4) is 0 Å². The van der Waals surface area contributed by atoms with Gasteiger partial charge in [-0.2, -0.15) is 0 Å². The fourth-order valence-electron chi connectivity index (χ4n) is 4.15. The van der Waals surface area contributed by atoms with E-state index in [1.165, 1.54) is 27.6 Å². The molecule has 0 fully saturated rings. The molecule has 2 nitrogen and oxygen atoms in total. The van der Waals surface area contributed by atoms with E-state index >= 15 is 0 Å². The van der Waals surface area contributed by atoms with E-state index in [1.54, 1.807) is 0 Å². The first kappa shape index (κ1) is 20.6. The molecule has 150 valence electrons. The molecule has 28 heavy (non-hydrogen) atoms. The van der Waals surface area contributed by atoms with Crippen LogP contribution in [0.25, 0.3) is 10.9 Å². The van der Waals surface area contributed by atoms with Gasteiger partial charge < -0.3 is 4.98 Å². The molecule has 0 bridgehead atoms. The van der Waals surface area contributed by atoms with Gasteiger partial charge in [-0.05, 0) is 64.8 Å². The Morgan fingerprint density at radius 3 is 2.04 bits per heavy atom. The number of pyridine rings is 1. The van der Waals surface area contributed by atoms with Crippen molar-refractivity contribution in [3.05, 3.63) is 65.1 Å². The molecule has 0 spiro atoms. The van der Waals surface area contributed by atoms with Crippen LogP contribution in [0, 0.1) is 6.92 Å². The van der Waals surface area contributed by atoms with Crippen molar-refractivity contribution in [3.63, 3.8) is 0 Å². The number of nitrogens with one attached hydrogen (secondary N) is 1. The molecule has 0 amide bonds. The second kappa shape index (κ2) is 7.06. The molecule has 3 rings (SSSR count). The molecule has 2 heterocycles. The van der Waals surface area contributed by atoms with Crippen molar-refractivity contribution >= 4 is 10.9 Å². The van der Waals surface area contributed by atoms with Crippen LogP contribution in [0.5, 0.6) is 0 Å². The topological polar surface area (TPSA) is 28.7 Å². The van der Waals surface area contributed by atoms with E-state index in [0.29, 0.717) is 0 Å². The molecule has 0 atom stereocenters. The van der Waals surface area contributed by atoms with Gasteiger partial charge in [-0.3, -0.25) is 4.98 Å². The van der Waals surface area contributed by atoms with Crippen LogP contribution in [0.2, 0.25) is 0 Å². The van der Waals surface area contributed by atoms with Crippen LogP contribution in [0.4, 0.5) is 0 Å². The number of hydrogen-bond acceptors (Lipinski definition) is 1. The van der Waals surface area contributed by atoms with Crippen molar-refractivity contribution in [3.8, 4) is 0 Å². The Morgan fingerprint density at radius 2 is 1.43 bits per heavy atom. The average Bonchev–Trinajstić information content (AvgIpc) is 3.08. The predicted molar refractivity (Wildman–Crippen MR) is 121 cm³/mol. The van der Waals surface area contributed by atoms with Gasteiger partial charge in [0.05, 0.1) is 0 Å². The number of rotatable bonds is 5. The summed E-state index contributed by atoms with van der Waals surface area (Å²) in [4.78, 5) is 8.04. The quantitative estimate of drug-likeness (QED) is 0.501. The Bertz CT molecular complexity index is 950. The molecular weight excluding hydrogens is 340 g/mol. The molecule has 0 aliphatic carbocycles. The van der Waals surface area contributed by atoms with Gasteiger partial charge in [-0.25, -0.2) is 0 Å². The molecule has 0 aliphatic rings.